The number of hydrogen-bond acceptors (Lipinski definition) is 6. The van der Waals surface area contributed by atoms with Gasteiger partial charge in [-0.3, -0.25) is 10.1 Å². The maximum absolute atomic E-state index is 13.4. The van der Waals surface area contributed by atoms with Gasteiger partial charge in [0.15, 0.2) is 0 Å². The van der Waals surface area contributed by atoms with E-state index in [4.69, 9.17) is 23.2 Å². The molecule has 4 aromatic rings. The van der Waals surface area contributed by atoms with Crippen LogP contribution < -0.4 is 0 Å². The van der Waals surface area contributed by atoms with E-state index in [0.29, 0.717) is 31.4 Å². The number of sulfone groups is 1. The average Bonchev–Trinajstić information content (AvgIpc) is 3.08. The molecule has 0 fully saturated rings. The quantitative estimate of drug-likeness (QED) is 0.272. The summed E-state index contributed by atoms with van der Waals surface area (Å²) in [5.41, 5.74) is 0.698. The predicted octanol–water partition coefficient (Wildman–Crippen LogP) is 6.01. The summed E-state index contributed by atoms with van der Waals surface area (Å²) in [6, 6.07) is 13.8. The zero-order valence-corrected chi connectivity index (χ0v) is 17.5. The number of benzene rings is 2. The molecule has 0 aliphatic rings. The summed E-state index contributed by atoms with van der Waals surface area (Å²) in [5, 5.41) is 12.5. The zero-order chi connectivity index (χ0) is 20.8. The Morgan fingerprint density at radius 1 is 0.966 bits per heavy atom. The standard InChI is InChI=1S/C19H10Cl2N2O4S2/c20-12-3-1-11(2-4-12)17-16-9-14(23(24)25)10-22-18(16)28-19(17)29(26,27)15-7-5-13(21)6-8-15/h1-10H. The Morgan fingerprint density at radius 3 is 2.14 bits per heavy atom. The molecule has 0 amide bonds. The fourth-order valence-electron chi connectivity index (χ4n) is 2.85. The van der Waals surface area contributed by atoms with Crippen LogP contribution in [0.25, 0.3) is 21.3 Å². The summed E-state index contributed by atoms with van der Waals surface area (Å²) < 4.78 is 26.8. The number of pyridine rings is 1. The van der Waals surface area contributed by atoms with E-state index in [0.717, 1.165) is 17.5 Å². The molecule has 0 aliphatic heterocycles. The third-order valence-electron chi connectivity index (χ3n) is 4.21. The third kappa shape index (κ3) is 3.60. The van der Waals surface area contributed by atoms with E-state index in [1.165, 1.54) is 30.3 Å². The Balaban J connectivity index is 2.05. The minimum Gasteiger partial charge on any atom is -0.258 e. The molecule has 0 unspecified atom stereocenters. The summed E-state index contributed by atoms with van der Waals surface area (Å²) >= 11 is 12.8. The molecule has 4 rings (SSSR count). The lowest BCUT2D eigenvalue weighted by Gasteiger charge is -2.07. The molecule has 10 heteroatoms. The minimum absolute atomic E-state index is 0.0464. The second kappa shape index (κ2) is 7.38. The van der Waals surface area contributed by atoms with Crippen molar-refractivity contribution in [3.05, 3.63) is 81.0 Å². The number of thiophene rings is 1. The van der Waals surface area contributed by atoms with Crippen molar-refractivity contribution in [3.8, 4) is 11.1 Å². The summed E-state index contributed by atoms with van der Waals surface area (Å²) in [6.45, 7) is 0. The normalized spacial score (nSPS) is 11.7. The highest BCUT2D eigenvalue weighted by molar-refractivity contribution is 7.93. The van der Waals surface area contributed by atoms with Crippen LogP contribution in [0.5, 0.6) is 0 Å². The van der Waals surface area contributed by atoms with E-state index in [2.05, 4.69) is 4.98 Å². The Hall–Kier alpha value is -2.52. The number of hydrogen-bond donors (Lipinski definition) is 0. The lowest BCUT2D eigenvalue weighted by atomic mass is 10.1. The lowest BCUT2D eigenvalue weighted by Crippen LogP contribution is -2.01. The van der Waals surface area contributed by atoms with Crippen molar-refractivity contribution >= 4 is 60.3 Å². The number of fused-ring (bicyclic) bond motifs is 1. The first-order valence-electron chi connectivity index (χ1n) is 8.11. The van der Waals surface area contributed by atoms with Gasteiger partial charge in [0.05, 0.1) is 9.82 Å². The average molecular weight is 465 g/mol. The number of nitro groups is 1. The number of nitrogens with zero attached hydrogens (tertiary/aromatic N) is 2. The fourth-order valence-corrected chi connectivity index (χ4v) is 6.15. The smallest absolute Gasteiger partial charge is 0.258 e. The van der Waals surface area contributed by atoms with Crippen molar-refractivity contribution in [2.24, 2.45) is 0 Å². The van der Waals surface area contributed by atoms with Crippen molar-refractivity contribution < 1.29 is 13.3 Å². The van der Waals surface area contributed by atoms with Crippen LogP contribution in [0.2, 0.25) is 10.0 Å². The minimum atomic E-state index is -3.92. The van der Waals surface area contributed by atoms with Crippen LogP contribution in [-0.2, 0) is 9.84 Å². The molecule has 0 aliphatic carbocycles. The Morgan fingerprint density at radius 2 is 1.55 bits per heavy atom. The molecule has 146 valence electrons. The van der Waals surface area contributed by atoms with Crippen LogP contribution in [0.15, 0.2) is 69.9 Å². The molecule has 2 aromatic heterocycles. The van der Waals surface area contributed by atoms with Gasteiger partial charge in [0.1, 0.15) is 15.2 Å². The highest BCUT2D eigenvalue weighted by atomic mass is 35.5. The first-order valence-corrected chi connectivity index (χ1v) is 11.2. The van der Waals surface area contributed by atoms with Crippen LogP contribution in [0, 0.1) is 10.1 Å². The molecule has 0 N–H and O–H groups in total. The number of halogens is 2. The van der Waals surface area contributed by atoms with E-state index >= 15 is 0 Å². The van der Waals surface area contributed by atoms with Gasteiger partial charge in [-0.1, -0.05) is 35.3 Å². The van der Waals surface area contributed by atoms with Crippen LogP contribution in [0.3, 0.4) is 0 Å². The van der Waals surface area contributed by atoms with Crippen molar-refractivity contribution in [2.45, 2.75) is 9.10 Å². The van der Waals surface area contributed by atoms with Gasteiger partial charge in [-0.05, 0) is 42.0 Å². The van der Waals surface area contributed by atoms with E-state index in [9.17, 15) is 18.5 Å². The topological polar surface area (TPSA) is 90.2 Å². The molecule has 2 aromatic carbocycles. The first-order chi connectivity index (χ1) is 13.8. The largest absolute Gasteiger partial charge is 0.288 e. The third-order valence-corrected chi connectivity index (χ3v) is 8.12. The van der Waals surface area contributed by atoms with E-state index in [1.807, 2.05) is 0 Å². The van der Waals surface area contributed by atoms with Crippen LogP contribution >= 0.6 is 34.5 Å². The van der Waals surface area contributed by atoms with Gasteiger partial charge in [-0.25, -0.2) is 13.4 Å². The number of rotatable bonds is 4. The molecule has 29 heavy (non-hydrogen) atoms. The molecular weight excluding hydrogens is 455 g/mol. The fraction of sp³-hybridized carbons (Fsp3) is 0. The van der Waals surface area contributed by atoms with Crippen molar-refractivity contribution in [3.63, 3.8) is 0 Å². The lowest BCUT2D eigenvalue weighted by molar-refractivity contribution is -0.385. The van der Waals surface area contributed by atoms with E-state index in [-0.39, 0.29) is 14.8 Å². The Labute approximate surface area is 179 Å². The summed E-state index contributed by atoms with van der Waals surface area (Å²) in [5.74, 6) is 0. The molecule has 0 spiro atoms. The molecule has 0 atom stereocenters. The van der Waals surface area contributed by atoms with E-state index in [1.54, 1.807) is 24.3 Å². The van der Waals surface area contributed by atoms with Gasteiger partial charge < -0.3 is 0 Å². The Kier molecular flexibility index (Phi) is 5.04. The summed E-state index contributed by atoms with van der Waals surface area (Å²) in [4.78, 5) is 15.2. The molecule has 2 heterocycles. The first kappa shape index (κ1) is 19.8. The van der Waals surface area contributed by atoms with Crippen molar-refractivity contribution in [2.75, 3.05) is 0 Å². The maximum atomic E-state index is 13.4. The maximum Gasteiger partial charge on any atom is 0.288 e. The predicted molar refractivity (Wildman–Crippen MR) is 114 cm³/mol. The summed E-state index contributed by atoms with van der Waals surface area (Å²) in [7, 11) is -3.92. The molecule has 0 bridgehead atoms. The van der Waals surface area contributed by atoms with Gasteiger partial charge in [0.25, 0.3) is 5.69 Å². The highest BCUT2D eigenvalue weighted by Gasteiger charge is 2.28. The van der Waals surface area contributed by atoms with Gasteiger partial charge in [-0.15, -0.1) is 11.3 Å². The second-order valence-electron chi connectivity index (χ2n) is 6.03. The van der Waals surface area contributed by atoms with Crippen molar-refractivity contribution in [1.82, 2.24) is 4.98 Å². The van der Waals surface area contributed by atoms with Crippen LogP contribution in [0.1, 0.15) is 0 Å². The van der Waals surface area contributed by atoms with Gasteiger partial charge >= 0.3 is 0 Å². The summed E-state index contributed by atoms with van der Waals surface area (Å²) in [6.07, 6.45) is 1.11. The second-order valence-corrected chi connectivity index (χ2v) is 10.0. The molecule has 6 nitrogen and oxygen atoms in total. The molecule has 0 radical (unpaired) electrons. The zero-order valence-electron chi connectivity index (χ0n) is 14.4. The Bertz CT molecular complexity index is 1350. The number of aromatic nitrogens is 1. The van der Waals surface area contributed by atoms with E-state index < -0.39 is 14.8 Å². The molecule has 0 saturated heterocycles. The molecule has 0 saturated carbocycles. The van der Waals surface area contributed by atoms with Crippen LogP contribution in [-0.4, -0.2) is 18.3 Å². The monoisotopic (exact) mass is 464 g/mol. The molecular formula is C19H10Cl2N2O4S2. The van der Waals surface area contributed by atoms with Gasteiger partial charge in [0, 0.05) is 27.1 Å². The van der Waals surface area contributed by atoms with Crippen molar-refractivity contribution in [1.29, 1.82) is 0 Å². The van der Waals surface area contributed by atoms with Gasteiger partial charge in [0.2, 0.25) is 9.84 Å². The van der Waals surface area contributed by atoms with Gasteiger partial charge in [-0.2, -0.15) is 0 Å². The van der Waals surface area contributed by atoms with Crippen LogP contribution in [0.4, 0.5) is 5.69 Å². The highest BCUT2D eigenvalue weighted by Crippen LogP contribution is 2.44. The SMILES string of the molecule is O=[N+]([O-])c1cnc2sc(S(=O)(=O)c3ccc(Cl)cc3)c(-c3ccc(Cl)cc3)c2c1.